The third kappa shape index (κ3) is 72.3. The van der Waals surface area contributed by atoms with Gasteiger partial charge in [-0.3, -0.25) is 18.6 Å². The van der Waals surface area contributed by atoms with Crippen molar-refractivity contribution < 1.29 is 37.6 Å². The number of carbonyl (C=O) groups excluding carboxylic acids is 2. The SMILES string of the molecule is CC/C=C\C/C=C\C/C=C\C/C=C\C/C=C\C/C=C\C/C=C\C/C=C\C/C=C\C/C=C\CCCCCCCCCCCCC(=O)OC(COC(=O)CCCCCCCCCCCCCCCC/C=C\C/C=C\C/C=C\C/C=C\CC)COP(=O)(O)OCCN. The first-order chi connectivity index (χ1) is 43.8. The van der Waals surface area contributed by atoms with Gasteiger partial charge in [-0.15, -0.1) is 0 Å². The number of phosphoric ester groups is 1. The minimum Gasteiger partial charge on any atom is -0.462 e. The van der Waals surface area contributed by atoms with Crippen molar-refractivity contribution in [2.45, 2.75) is 290 Å². The van der Waals surface area contributed by atoms with E-state index in [1.807, 2.05) is 0 Å². The Hall–Kier alpha value is -4.63. The molecule has 2 unspecified atom stereocenters. The number of hydrogen-bond donors (Lipinski definition) is 2. The molecule has 0 rings (SSSR count). The van der Waals surface area contributed by atoms with Crippen LogP contribution in [0.1, 0.15) is 284 Å². The summed E-state index contributed by atoms with van der Waals surface area (Å²) in [6, 6.07) is 0. The van der Waals surface area contributed by atoms with E-state index in [1.165, 1.54) is 116 Å². The molecule has 0 aliphatic rings. The van der Waals surface area contributed by atoms with E-state index in [0.29, 0.717) is 6.42 Å². The number of unbranched alkanes of at least 4 members (excludes halogenated alkanes) is 24. The third-order valence-corrected chi connectivity index (χ3v) is 15.6. The Labute approximate surface area is 546 Å². The molecule has 89 heavy (non-hydrogen) atoms. The first-order valence-electron chi connectivity index (χ1n) is 35.6. The molecule has 0 heterocycles. The van der Waals surface area contributed by atoms with Crippen LogP contribution < -0.4 is 5.73 Å². The van der Waals surface area contributed by atoms with Gasteiger partial charge in [0, 0.05) is 19.4 Å². The van der Waals surface area contributed by atoms with E-state index in [-0.39, 0.29) is 38.6 Å². The molecule has 0 saturated carbocycles. The minimum absolute atomic E-state index is 0.0456. The molecule has 0 amide bonds. The summed E-state index contributed by atoms with van der Waals surface area (Å²) >= 11 is 0. The molecule has 0 bridgehead atoms. The second-order valence-electron chi connectivity index (χ2n) is 23.0. The van der Waals surface area contributed by atoms with Crippen molar-refractivity contribution in [3.8, 4) is 0 Å². The van der Waals surface area contributed by atoms with Gasteiger partial charge in [0.25, 0.3) is 0 Å². The molecule has 2 atom stereocenters. The summed E-state index contributed by atoms with van der Waals surface area (Å²) in [4.78, 5) is 35.4. The summed E-state index contributed by atoms with van der Waals surface area (Å²) in [5.74, 6) is -0.837. The van der Waals surface area contributed by atoms with Crippen molar-refractivity contribution in [1.29, 1.82) is 0 Å². The number of phosphoric acid groups is 1. The van der Waals surface area contributed by atoms with E-state index in [2.05, 4.69) is 184 Å². The summed E-state index contributed by atoms with van der Waals surface area (Å²) in [7, 11) is -4.41. The first-order valence-corrected chi connectivity index (χ1v) is 37.1. The van der Waals surface area contributed by atoms with Crippen LogP contribution in [0.4, 0.5) is 0 Å². The lowest BCUT2D eigenvalue weighted by Crippen LogP contribution is -2.29. The van der Waals surface area contributed by atoms with E-state index in [0.717, 1.165) is 135 Å². The predicted octanol–water partition coefficient (Wildman–Crippen LogP) is 23.7. The predicted molar refractivity (Wildman–Crippen MR) is 385 cm³/mol. The van der Waals surface area contributed by atoms with Crippen LogP contribution in [0.15, 0.2) is 170 Å². The van der Waals surface area contributed by atoms with Gasteiger partial charge in [-0.05, 0) is 128 Å². The molecule has 0 saturated heterocycles. The highest BCUT2D eigenvalue weighted by Crippen LogP contribution is 2.43. The zero-order chi connectivity index (χ0) is 64.4. The zero-order valence-corrected chi connectivity index (χ0v) is 57.5. The van der Waals surface area contributed by atoms with Gasteiger partial charge in [-0.25, -0.2) is 4.57 Å². The Kier molecular flexibility index (Phi) is 68.7. The third-order valence-electron chi connectivity index (χ3n) is 14.6. The van der Waals surface area contributed by atoms with E-state index >= 15 is 0 Å². The fraction of sp³-hybridized carbons (Fsp3) is 0.620. The van der Waals surface area contributed by atoms with Crippen LogP contribution in [0.25, 0.3) is 0 Å². The second-order valence-corrected chi connectivity index (χ2v) is 24.4. The summed E-state index contributed by atoms with van der Waals surface area (Å²) in [6.45, 7) is 3.52. The van der Waals surface area contributed by atoms with Crippen molar-refractivity contribution in [1.82, 2.24) is 0 Å². The van der Waals surface area contributed by atoms with E-state index in [9.17, 15) is 19.0 Å². The maximum atomic E-state index is 12.8. The van der Waals surface area contributed by atoms with Crippen LogP contribution in [0.3, 0.4) is 0 Å². The van der Waals surface area contributed by atoms with E-state index in [4.69, 9.17) is 24.3 Å². The molecule has 3 N–H and O–H groups in total. The van der Waals surface area contributed by atoms with Crippen molar-refractivity contribution in [2.24, 2.45) is 5.73 Å². The molecule has 0 aliphatic carbocycles. The summed E-state index contributed by atoms with van der Waals surface area (Å²) in [5, 5.41) is 0. The molecular formula is C79H130NO8P. The zero-order valence-electron chi connectivity index (χ0n) is 56.6. The molecule has 504 valence electrons. The fourth-order valence-corrected chi connectivity index (χ4v) is 10.2. The normalized spacial score (nSPS) is 14.0. The minimum atomic E-state index is -4.41. The smallest absolute Gasteiger partial charge is 0.462 e. The van der Waals surface area contributed by atoms with Gasteiger partial charge in [0.2, 0.25) is 0 Å². The highest BCUT2D eigenvalue weighted by atomic mass is 31.2. The average Bonchev–Trinajstić information content (AvgIpc) is 3.58. The molecule has 0 spiro atoms. The number of allylic oxidation sites excluding steroid dienone is 28. The first kappa shape index (κ1) is 84.4. The maximum Gasteiger partial charge on any atom is 0.472 e. The lowest BCUT2D eigenvalue weighted by Gasteiger charge is -2.19. The van der Waals surface area contributed by atoms with E-state index < -0.39 is 26.5 Å². The molecule has 10 heteroatoms. The monoisotopic (exact) mass is 1250 g/mol. The largest absolute Gasteiger partial charge is 0.472 e. The summed E-state index contributed by atoms with van der Waals surface area (Å²) in [5.41, 5.74) is 5.40. The Balaban J connectivity index is 3.94. The Bertz CT molecular complexity index is 2070. The number of hydrogen-bond acceptors (Lipinski definition) is 8. The van der Waals surface area contributed by atoms with Crippen molar-refractivity contribution in [3.05, 3.63) is 170 Å². The molecule has 9 nitrogen and oxygen atoms in total. The van der Waals surface area contributed by atoms with Gasteiger partial charge >= 0.3 is 19.8 Å². The van der Waals surface area contributed by atoms with Gasteiger partial charge in [-0.2, -0.15) is 0 Å². The number of rotatable bonds is 65. The van der Waals surface area contributed by atoms with Crippen LogP contribution >= 0.6 is 7.82 Å². The highest BCUT2D eigenvalue weighted by Gasteiger charge is 2.26. The lowest BCUT2D eigenvalue weighted by molar-refractivity contribution is -0.161. The lowest BCUT2D eigenvalue weighted by atomic mass is 10.0. The Morgan fingerprint density at radius 3 is 0.865 bits per heavy atom. The van der Waals surface area contributed by atoms with Crippen molar-refractivity contribution in [3.63, 3.8) is 0 Å². The van der Waals surface area contributed by atoms with Gasteiger partial charge in [0.05, 0.1) is 13.2 Å². The van der Waals surface area contributed by atoms with E-state index in [1.54, 1.807) is 0 Å². The van der Waals surface area contributed by atoms with Crippen molar-refractivity contribution >= 4 is 19.8 Å². The van der Waals surface area contributed by atoms with Crippen LogP contribution in [0.2, 0.25) is 0 Å². The molecule has 0 aromatic rings. The highest BCUT2D eigenvalue weighted by molar-refractivity contribution is 7.47. The number of carbonyl (C=O) groups is 2. The fourth-order valence-electron chi connectivity index (χ4n) is 9.42. The van der Waals surface area contributed by atoms with Gasteiger partial charge in [0.15, 0.2) is 6.10 Å². The molecule has 0 aliphatic heterocycles. The summed E-state index contributed by atoms with van der Waals surface area (Å²) < 4.78 is 33.2. The molecule has 0 aromatic heterocycles. The maximum absolute atomic E-state index is 12.8. The molecule has 0 fully saturated rings. The van der Waals surface area contributed by atoms with Gasteiger partial charge in [-0.1, -0.05) is 312 Å². The van der Waals surface area contributed by atoms with Gasteiger partial charge in [0.1, 0.15) is 6.61 Å². The number of esters is 2. The van der Waals surface area contributed by atoms with Crippen LogP contribution in [0, 0.1) is 0 Å². The molecule has 0 aromatic carbocycles. The van der Waals surface area contributed by atoms with Gasteiger partial charge < -0.3 is 20.1 Å². The van der Waals surface area contributed by atoms with Crippen LogP contribution in [0.5, 0.6) is 0 Å². The van der Waals surface area contributed by atoms with Crippen molar-refractivity contribution in [2.75, 3.05) is 26.4 Å². The molecule has 0 radical (unpaired) electrons. The van der Waals surface area contributed by atoms with Crippen LogP contribution in [-0.2, 0) is 32.7 Å². The standard InChI is InChI=1S/C79H130NO8P/c1-3-5-7-9-11-13-15-17-19-21-23-25-27-29-31-32-33-34-35-36-37-38-39-40-41-42-43-44-46-48-50-52-54-56-58-60-62-64-66-68-70-72-79(82)88-77(76-87-89(83,84)86-74-73-80)75-85-78(81)71-69-67-65-63-61-59-57-55-53-51-49-47-45-30-28-26-24-22-20-18-16-14-12-10-8-6-4-2/h5-8,11-14,17-20,23-26,29,31,33-34,36-37,39-40,42-43,46,48,77H,3-4,9-10,15-16,21-22,27-28,30,32,35,38,41,44-45,47,49-76,80H2,1-2H3,(H,83,84)/b7-5-,8-6-,13-11-,14-12-,19-17-,20-18-,25-23-,26-24-,31-29-,34-33-,37-36-,40-39-,43-42-,48-46-. The number of nitrogens with two attached hydrogens (primary N) is 1. The quantitative estimate of drug-likeness (QED) is 0.0264. The Morgan fingerprint density at radius 1 is 0.337 bits per heavy atom. The number of ether oxygens (including phenoxy) is 2. The Morgan fingerprint density at radius 2 is 0.584 bits per heavy atom. The summed E-state index contributed by atoms with van der Waals surface area (Å²) in [6.07, 6.45) is 107. The van der Waals surface area contributed by atoms with Crippen LogP contribution in [-0.4, -0.2) is 49.3 Å². The second kappa shape index (κ2) is 72.4. The topological polar surface area (TPSA) is 134 Å². The average molecular weight is 1250 g/mol. The molecular weight excluding hydrogens is 1120 g/mol.